The molecule has 0 radical (unpaired) electrons. The van der Waals surface area contributed by atoms with Gasteiger partial charge in [0.25, 0.3) is 0 Å². The van der Waals surface area contributed by atoms with Crippen molar-refractivity contribution in [3.05, 3.63) is 0 Å². The molecular weight excluding hydrogens is 206 g/mol. The Morgan fingerprint density at radius 3 is 2.50 bits per heavy atom. The highest BCUT2D eigenvalue weighted by Gasteiger charge is 2.46. The van der Waals surface area contributed by atoms with Crippen LogP contribution in [0.25, 0.3) is 0 Å². The number of nitrogens with zero attached hydrogens (tertiary/aromatic N) is 1. The number of rotatable bonds is 3. The molecule has 0 aromatic carbocycles. The van der Waals surface area contributed by atoms with Gasteiger partial charge in [-0.25, -0.2) is 0 Å². The van der Waals surface area contributed by atoms with Gasteiger partial charge in [0, 0.05) is 19.0 Å². The van der Waals surface area contributed by atoms with Crippen LogP contribution < -0.4 is 0 Å². The minimum Gasteiger partial charge on any atom is -0.481 e. The topological polar surface area (TPSA) is 57.6 Å². The van der Waals surface area contributed by atoms with Gasteiger partial charge >= 0.3 is 5.97 Å². The van der Waals surface area contributed by atoms with Gasteiger partial charge in [-0.15, -0.1) is 0 Å². The Morgan fingerprint density at radius 2 is 2.12 bits per heavy atom. The Kier molecular flexibility index (Phi) is 2.91. The summed E-state index contributed by atoms with van der Waals surface area (Å²) < 4.78 is 0. The fourth-order valence-electron chi connectivity index (χ4n) is 2.59. The molecule has 2 fully saturated rings. The smallest absolute Gasteiger partial charge is 0.311 e. The number of carboxylic acids is 1. The number of hydrogen-bond donors (Lipinski definition) is 1. The first kappa shape index (κ1) is 11.4. The van der Waals surface area contributed by atoms with E-state index in [1.165, 1.54) is 0 Å². The van der Waals surface area contributed by atoms with E-state index in [0.717, 1.165) is 19.3 Å². The monoisotopic (exact) mass is 225 g/mol. The van der Waals surface area contributed by atoms with Crippen molar-refractivity contribution in [1.29, 1.82) is 0 Å². The van der Waals surface area contributed by atoms with Gasteiger partial charge < -0.3 is 10.0 Å². The van der Waals surface area contributed by atoms with E-state index in [-0.39, 0.29) is 11.8 Å². The Morgan fingerprint density at radius 1 is 1.44 bits per heavy atom. The van der Waals surface area contributed by atoms with Gasteiger partial charge in [-0.2, -0.15) is 0 Å². The first-order valence-electron chi connectivity index (χ1n) is 6.11. The first-order chi connectivity index (χ1) is 7.59. The van der Waals surface area contributed by atoms with Crippen LogP contribution in [0.2, 0.25) is 0 Å². The molecule has 1 atom stereocenters. The molecule has 0 spiro atoms. The molecule has 0 bridgehead atoms. The van der Waals surface area contributed by atoms with E-state index < -0.39 is 11.4 Å². The summed E-state index contributed by atoms with van der Waals surface area (Å²) in [6.45, 7) is 2.93. The van der Waals surface area contributed by atoms with Crippen molar-refractivity contribution in [2.24, 2.45) is 11.3 Å². The van der Waals surface area contributed by atoms with Gasteiger partial charge in [0.15, 0.2) is 0 Å². The Balaban J connectivity index is 2.01. The highest BCUT2D eigenvalue weighted by molar-refractivity contribution is 5.82. The third-order valence-electron chi connectivity index (χ3n) is 4.25. The molecule has 1 heterocycles. The second-order valence-corrected chi connectivity index (χ2v) is 5.08. The minimum atomic E-state index is -0.751. The van der Waals surface area contributed by atoms with Crippen LogP contribution in [0.5, 0.6) is 0 Å². The second kappa shape index (κ2) is 4.07. The Hall–Kier alpha value is -1.06. The van der Waals surface area contributed by atoms with Gasteiger partial charge in [0.2, 0.25) is 5.91 Å². The largest absolute Gasteiger partial charge is 0.481 e. The lowest BCUT2D eigenvalue weighted by Crippen LogP contribution is -2.40. The third kappa shape index (κ3) is 1.70. The van der Waals surface area contributed by atoms with Crippen LogP contribution in [0.1, 0.15) is 39.0 Å². The number of carbonyl (C=O) groups is 2. The lowest BCUT2D eigenvalue weighted by Gasteiger charge is -2.30. The number of amides is 1. The molecule has 1 N–H and O–H groups in total. The predicted molar refractivity (Wildman–Crippen MR) is 58.9 cm³/mol. The number of carboxylic acid groups (broad SMARTS) is 1. The normalized spacial score (nSPS) is 30.2. The summed E-state index contributed by atoms with van der Waals surface area (Å²) in [7, 11) is 0. The van der Waals surface area contributed by atoms with E-state index in [9.17, 15) is 14.7 Å². The molecule has 2 rings (SSSR count). The van der Waals surface area contributed by atoms with E-state index >= 15 is 0 Å². The van der Waals surface area contributed by atoms with Gasteiger partial charge in [-0.1, -0.05) is 13.3 Å². The van der Waals surface area contributed by atoms with Crippen LogP contribution in [0.3, 0.4) is 0 Å². The van der Waals surface area contributed by atoms with Crippen molar-refractivity contribution in [1.82, 2.24) is 4.90 Å². The maximum atomic E-state index is 12.0. The van der Waals surface area contributed by atoms with Crippen LogP contribution in [-0.2, 0) is 9.59 Å². The zero-order valence-electron chi connectivity index (χ0n) is 9.74. The average molecular weight is 225 g/mol. The van der Waals surface area contributed by atoms with E-state index in [2.05, 4.69) is 0 Å². The van der Waals surface area contributed by atoms with Gasteiger partial charge in [-0.05, 0) is 25.7 Å². The summed E-state index contributed by atoms with van der Waals surface area (Å²) in [6.07, 6.45) is 4.33. The molecule has 1 unspecified atom stereocenters. The Bertz CT molecular complexity index is 311. The molecule has 4 heteroatoms. The summed E-state index contributed by atoms with van der Waals surface area (Å²) >= 11 is 0. The number of hydrogen-bond acceptors (Lipinski definition) is 2. The highest BCUT2D eigenvalue weighted by Crippen LogP contribution is 2.37. The zero-order chi connectivity index (χ0) is 11.8. The molecule has 4 nitrogen and oxygen atoms in total. The fraction of sp³-hybridized carbons (Fsp3) is 0.833. The Labute approximate surface area is 95.6 Å². The predicted octanol–water partition coefficient (Wildman–Crippen LogP) is 1.50. The molecule has 0 aromatic heterocycles. The van der Waals surface area contributed by atoms with E-state index in [1.54, 1.807) is 4.90 Å². The zero-order valence-corrected chi connectivity index (χ0v) is 9.74. The number of aliphatic carboxylic acids is 1. The van der Waals surface area contributed by atoms with Crippen molar-refractivity contribution in [2.45, 2.75) is 39.0 Å². The molecule has 1 saturated heterocycles. The fourth-order valence-corrected chi connectivity index (χ4v) is 2.59. The third-order valence-corrected chi connectivity index (χ3v) is 4.25. The quantitative estimate of drug-likeness (QED) is 0.791. The summed E-state index contributed by atoms with van der Waals surface area (Å²) in [5, 5.41) is 9.24. The van der Waals surface area contributed by atoms with Gasteiger partial charge in [0.1, 0.15) is 0 Å². The van der Waals surface area contributed by atoms with Crippen molar-refractivity contribution < 1.29 is 14.7 Å². The maximum absolute atomic E-state index is 12.0. The average Bonchev–Trinajstić information content (AvgIpc) is 2.60. The molecule has 1 aliphatic heterocycles. The summed E-state index contributed by atoms with van der Waals surface area (Å²) in [5.74, 6) is -0.386. The van der Waals surface area contributed by atoms with E-state index in [4.69, 9.17) is 0 Å². The lowest BCUT2D eigenvalue weighted by atomic mass is 9.83. The molecule has 1 saturated carbocycles. The van der Waals surface area contributed by atoms with Crippen molar-refractivity contribution in [3.8, 4) is 0 Å². The first-order valence-corrected chi connectivity index (χ1v) is 6.11. The molecule has 90 valence electrons. The molecular formula is C12H19NO3. The second-order valence-electron chi connectivity index (χ2n) is 5.08. The lowest BCUT2D eigenvalue weighted by molar-refractivity contribution is -0.149. The molecule has 16 heavy (non-hydrogen) atoms. The van der Waals surface area contributed by atoms with Crippen molar-refractivity contribution >= 4 is 11.9 Å². The van der Waals surface area contributed by atoms with Gasteiger partial charge in [-0.3, -0.25) is 9.59 Å². The molecule has 1 amide bonds. The minimum absolute atomic E-state index is 0.182. The summed E-state index contributed by atoms with van der Waals surface area (Å²) in [4.78, 5) is 25.0. The standard InChI is InChI=1S/C12H19NO3/c1-2-12(11(15)16)6-7-13(8-12)10(14)9-4-3-5-9/h9H,2-8H2,1H3,(H,15,16). The summed E-state index contributed by atoms with van der Waals surface area (Å²) in [6, 6.07) is 0. The molecule has 0 aromatic rings. The maximum Gasteiger partial charge on any atom is 0.311 e. The molecule has 1 aliphatic carbocycles. The highest BCUT2D eigenvalue weighted by atomic mass is 16.4. The van der Waals surface area contributed by atoms with Crippen LogP contribution in [0.15, 0.2) is 0 Å². The van der Waals surface area contributed by atoms with Crippen molar-refractivity contribution in [2.75, 3.05) is 13.1 Å². The van der Waals surface area contributed by atoms with Gasteiger partial charge in [0.05, 0.1) is 5.41 Å². The molecule has 2 aliphatic rings. The van der Waals surface area contributed by atoms with Crippen LogP contribution in [-0.4, -0.2) is 35.0 Å². The van der Waals surface area contributed by atoms with Crippen LogP contribution >= 0.6 is 0 Å². The van der Waals surface area contributed by atoms with E-state index in [1.807, 2.05) is 6.92 Å². The van der Waals surface area contributed by atoms with E-state index in [0.29, 0.717) is 25.9 Å². The summed E-state index contributed by atoms with van der Waals surface area (Å²) in [5.41, 5.74) is -0.681. The van der Waals surface area contributed by atoms with Crippen LogP contribution in [0, 0.1) is 11.3 Å². The number of carbonyl (C=O) groups excluding carboxylic acids is 1. The van der Waals surface area contributed by atoms with Crippen LogP contribution in [0.4, 0.5) is 0 Å². The number of likely N-dealkylation sites (tertiary alicyclic amines) is 1. The van der Waals surface area contributed by atoms with Crippen molar-refractivity contribution in [3.63, 3.8) is 0 Å². The SMILES string of the molecule is CCC1(C(=O)O)CCN(C(=O)C2CCC2)C1.